The Morgan fingerprint density at radius 3 is 2.46 bits per heavy atom. The molecule has 28 heavy (non-hydrogen) atoms. The highest BCUT2D eigenvalue weighted by Crippen LogP contribution is 2.32. The maximum atomic E-state index is 12.3. The monoisotopic (exact) mass is 412 g/mol. The van der Waals surface area contributed by atoms with Gasteiger partial charge in [-0.25, -0.2) is 13.4 Å². The van der Waals surface area contributed by atoms with Crippen molar-refractivity contribution >= 4 is 9.84 Å². The molecule has 2 saturated heterocycles. The smallest absolute Gasteiger partial charge is 0.227 e. The Balaban J connectivity index is 1.82. The zero-order valence-electron chi connectivity index (χ0n) is 18.2. The minimum absolute atomic E-state index is 0.0653. The molecule has 8 heteroatoms. The van der Waals surface area contributed by atoms with Crippen molar-refractivity contribution in [2.24, 2.45) is 0 Å². The second-order valence-corrected chi connectivity index (χ2v) is 11.8. The van der Waals surface area contributed by atoms with Crippen LogP contribution in [0.25, 0.3) is 0 Å². The van der Waals surface area contributed by atoms with Crippen molar-refractivity contribution in [2.75, 3.05) is 19.9 Å². The topological polar surface area (TPSA) is 76.5 Å². The number of aromatic nitrogens is 2. The zero-order chi connectivity index (χ0) is 20.7. The Morgan fingerprint density at radius 1 is 1.29 bits per heavy atom. The molecule has 1 unspecified atom stereocenters. The maximum absolute atomic E-state index is 12.3. The summed E-state index contributed by atoms with van der Waals surface area (Å²) in [4.78, 5) is 6.61. The van der Waals surface area contributed by atoms with E-state index in [1.165, 1.54) is 6.26 Å². The highest BCUT2D eigenvalue weighted by molar-refractivity contribution is 7.90. The Bertz CT molecular complexity index is 778. The quantitative estimate of drug-likeness (QED) is 0.772. The van der Waals surface area contributed by atoms with E-state index in [2.05, 4.69) is 49.9 Å². The van der Waals surface area contributed by atoms with E-state index < -0.39 is 9.84 Å². The minimum atomic E-state index is -3.38. The highest BCUT2D eigenvalue weighted by Gasteiger charge is 2.39. The molecule has 0 bridgehead atoms. The number of rotatable bonds is 6. The van der Waals surface area contributed by atoms with Gasteiger partial charge in [-0.15, -0.1) is 0 Å². The van der Waals surface area contributed by atoms with E-state index in [1.807, 2.05) is 4.57 Å². The summed E-state index contributed by atoms with van der Waals surface area (Å²) in [6.45, 7) is 11.0. The fourth-order valence-electron chi connectivity index (χ4n) is 4.97. The van der Waals surface area contributed by atoms with E-state index in [0.717, 1.165) is 38.0 Å². The lowest BCUT2D eigenvalue weighted by Gasteiger charge is -2.49. The summed E-state index contributed by atoms with van der Waals surface area (Å²) < 4.78 is 32.1. The molecule has 1 aromatic heterocycles. The number of ether oxygens (including phenoxy) is 1. The maximum Gasteiger partial charge on any atom is 0.227 e. The molecule has 0 spiro atoms. The van der Waals surface area contributed by atoms with Crippen molar-refractivity contribution in [1.29, 1.82) is 0 Å². The number of hydrogen-bond donors (Lipinski definition) is 1. The number of nitrogens with zero attached hydrogens (tertiary/aromatic N) is 3. The van der Waals surface area contributed by atoms with Crippen LogP contribution >= 0.6 is 0 Å². The largest absolute Gasteiger partial charge is 0.376 e. The lowest BCUT2D eigenvalue weighted by Crippen LogP contribution is -2.61. The molecule has 1 N–H and O–H groups in total. The number of nitrogens with one attached hydrogen (secondary N) is 1. The van der Waals surface area contributed by atoms with Crippen LogP contribution < -0.4 is 5.32 Å². The van der Waals surface area contributed by atoms with Crippen LogP contribution in [0.5, 0.6) is 0 Å². The van der Waals surface area contributed by atoms with Gasteiger partial charge in [0, 0.05) is 36.5 Å². The average Bonchev–Trinajstić information content (AvgIpc) is 3.14. The van der Waals surface area contributed by atoms with Gasteiger partial charge in [-0.1, -0.05) is 0 Å². The fraction of sp³-hybridized carbons (Fsp3) is 0.850. The summed E-state index contributed by atoms with van der Waals surface area (Å²) in [6.07, 6.45) is 7.11. The summed E-state index contributed by atoms with van der Waals surface area (Å²) in [5, 5.41) is 3.87. The molecule has 0 saturated carbocycles. The molecule has 2 fully saturated rings. The van der Waals surface area contributed by atoms with Gasteiger partial charge >= 0.3 is 0 Å². The second kappa shape index (κ2) is 7.70. The van der Waals surface area contributed by atoms with Crippen LogP contribution in [0.15, 0.2) is 11.4 Å². The molecule has 1 aromatic rings. The van der Waals surface area contributed by atoms with Gasteiger partial charge in [0.25, 0.3) is 0 Å². The fourth-order valence-corrected chi connectivity index (χ4v) is 5.80. The van der Waals surface area contributed by atoms with E-state index in [0.29, 0.717) is 19.1 Å². The molecule has 7 nitrogen and oxygen atoms in total. The number of hydrogen-bond acceptors (Lipinski definition) is 6. The van der Waals surface area contributed by atoms with Crippen molar-refractivity contribution in [2.45, 2.75) is 94.8 Å². The highest BCUT2D eigenvalue weighted by atomic mass is 32.2. The summed E-state index contributed by atoms with van der Waals surface area (Å²) in [7, 11) is -1.25. The molecule has 0 amide bonds. The standard InChI is InChI=1S/C20H36N4O3S/c1-19(2)10-15(11-20(3,4)22-19)23(5)13-16-12-21-18(28(6,25)26)24(16)14-17-8-7-9-27-17/h12,15,17,22H,7-11,13-14H2,1-6H3. The molecule has 2 aliphatic rings. The zero-order valence-corrected chi connectivity index (χ0v) is 19.0. The van der Waals surface area contributed by atoms with Crippen molar-refractivity contribution in [1.82, 2.24) is 19.8 Å². The molecule has 0 radical (unpaired) electrons. The predicted octanol–water partition coefficient (Wildman–Crippen LogP) is 2.21. The molecule has 2 aliphatic heterocycles. The van der Waals surface area contributed by atoms with E-state index in [9.17, 15) is 8.42 Å². The van der Waals surface area contributed by atoms with E-state index in [4.69, 9.17) is 4.74 Å². The van der Waals surface area contributed by atoms with Gasteiger partial charge in [-0.3, -0.25) is 4.90 Å². The van der Waals surface area contributed by atoms with Crippen molar-refractivity contribution in [3.05, 3.63) is 11.9 Å². The number of imidazole rings is 1. The van der Waals surface area contributed by atoms with Crippen molar-refractivity contribution in [3.63, 3.8) is 0 Å². The van der Waals surface area contributed by atoms with Gasteiger partial charge in [0.15, 0.2) is 0 Å². The normalized spacial score (nSPS) is 25.5. The average molecular weight is 413 g/mol. The second-order valence-electron chi connectivity index (χ2n) is 9.92. The van der Waals surface area contributed by atoms with E-state index in [1.54, 1.807) is 6.20 Å². The molecular weight excluding hydrogens is 376 g/mol. The van der Waals surface area contributed by atoms with Gasteiger partial charge in [-0.05, 0) is 60.4 Å². The molecule has 3 rings (SSSR count). The lowest BCUT2D eigenvalue weighted by atomic mass is 9.79. The summed E-state index contributed by atoms with van der Waals surface area (Å²) >= 11 is 0. The number of piperidine rings is 1. The van der Waals surface area contributed by atoms with Crippen LogP contribution in [0.3, 0.4) is 0 Å². The Hall–Kier alpha value is -0.960. The summed E-state index contributed by atoms with van der Waals surface area (Å²) in [5.74, 6) is 0. The minimum Gasteiger partial charge on any atom is -0.376 e. The van der Waals surface area contributed by atoms with Gasteiger partial charge < -0.3 is 14.6 Å². The van der Waals surface area contributed by atoms with Crippen molar-refractivity contribution < 1.29 is 13.2 Å². The summed E-state index contributed by atoms with van der Waals surface area (Å²) in [5.41, 5.74) is 1.07. The number of sulfone groups is 1. The van der Waals surface area contributed by atoms with E-state index in [-0.39, 0.29) is 22.3 Å². The predicted molar refractivity (Wildman–Crippen MR) is 110 cm³/mol. The lowest BCUT2D eigenvalue weighted by molar-refractivity contribution is 0.0736. The van der Waals surface area contributed by atoms with Crippen LogP contribution in [0.2, 0.25) is 0 Å². The molecule has 0 aromatic carbocycles. The Labute approximate surface area is 169 Å². The van der Waals surface area contributed by atoms with Crippen LogP contribution in [0.4, 0.5) is 0 Å². The Morgan fingerprint density at radius 2 is 1.93 bits per heavy atom. The van der Waals surface area contributed by atoms with Crippen LogP contribution in [-0.2, 0) is 27.7 Å². The summed E-state index contributed by atoms with van der Waals surface area (Å²) in [6, 6.07) is 0.416. The molecule has 3 heterocycles. The third-order valence-electron chi connectivity index (χ3n) is 5.85. The first-order valence-electron chi connectivity index (χ1n) is 10.2. The van der Waals surface area contributed by atoms with Gasteiger partial charge in [0.05, 0.1) is 24.5 Å². The van der Waals surface area contributed by atoms with Gasteiger partial charge in [0.2, 0.25) is 15.0 Å². The van der Waals surface area contributed by atoms with E-state index >= 15 is 0 Å². The van der Waals surface area contributed by atoms with Gasteiger partial charge in [0.1, 0.15) is 0 Å². The molecule has 0 aliphatic carbocycles. The third kappa shape index (κ3) is 5.14. The van der Waals surface area contributed by atoms with Crippen LogP contribution in [0.1, 0.15) is 59.1 Å². The van der Waals surface area contributed by atoms with Crippen LogP contribution in [-0.4, -0.2) is 66.0 Å². The third-order valence-corrected chi connectivity index (χ3v) is 6.84. The Kier molecular flexibility index (Phi) is 5.98. The van der Waals surface area contributed by atoms with Crippen molar-refractivity contribution in [3.8, 4) is 0 Å². The SMILES string of the molecule is CN(Cc1cnc(S(C)(=O)=O)n1CC1CCCO1)C1CC(C)(C)NC(C)(C)C1. The first-order chi connectivity index (χ1) is 12.9. The molecular formula is C20H36N4O3S. The first-order valence-corrected chi connectivity index (χ1v) is 12.1. The molecule has 1 atom stereocenters. The van der Waals surface area contributed by atoms with Gasteiger partial charge in [-0.2, -0.15) is 0 Å². The molecule has 160 valence electrons. The first kappa shape index (κ1) is 21.7. The van der Waals surface area contributed by atoms with Crippen LogP contribution in [0, 0.1) is 0 Å².